The predicted octanol–water partition coefficient (Wildman–Crippen LogP) is 4.22. The van der Waals surface area contributed by atoms with Crippen molar-refractivity contribution in [3.05, 3.63) is 65.2 Å². The van der Waals surface area contributed by atoms with Crippen molar-refractivity contribution >= 4 is 22.7 Å². The van der Waals surface area contributed by atoms with E-state index in [0.29, 0.717) is 29.1 Å². The van der Waals surface area contributed by atoms with E-state index in [9.17, 15) is 14.0 Å². The lowest BCUT2D eigenvalue weighted by Gasteiger charge is -2.31. The number of nitrogens with zero attached hydrogens (tertiary/aromatic N) is 3. The number of rotatable bonds is 6. The Hall–Kier alpha value is -3.06. The van der Waals surface area contributed by atoms with Crippen LogP contribution in [-0.4, -0.2) is 52.9 Å². The number of carbonyl (C=O) groups is 2. The van der Waals surface area contributed by atoms with Crippen molar-refractivity contribution in [2.24, 2.45) is 0 Å². The fourth-order valence-electron chi connectivity index (χ4n) is 4.70. The van der Waals surface area contributed by atoms with Crippen molar-refractivity contribution in [3.63, 3.8) is 0 Å². The number of amides is 2. The summed E-state index contributed by atoms with van der Waals surface area (Å²) < 4.78 is 18.9. The van der Waals surface area contributed by atoms with E-state index < -0.39 is 0 Å². The van der Waals surface area contributed by atoms with Gasteiger partial charge in [-0.3, -0.25) is 14.5 Å². The summed E-state index contributed by atoms with van der Waals surface area (Å²) in [5.74, 6) is 0.495. The van der Waals surface area contributed by atoms with E-state index in [1.165, 1.54) is 17.0 Å². The lowest BCUT2D eigenvalue weighted by molar-refractivity contribution is 0.0649. The van der Waals surface area contributed by atoms with Crippen LogP contribution in [0.3, 0.4) is 0 Å². The monoisotopic (exact) mass is 421 g/mol. The number of likely N-dealkylation sites (tertiary alicyclic amines) is 1. The number of benzene rings is 2. The summed E-state index contributed by atoms with van der Waals surface area (Å²) in [4.78, 5) is 28.6. The first kappa shape index (κ1) is 19.9. The van der Waals surface area contributed by atoms with Gasteiger partial charge in [0, 0.05) is 23.9 Å². The molecule has 160 valence electrons. The molecule has 0 radical (unpaired) electrons. The summed E-state index contributed by atoms with van der Waals surface area (Å²) in [5, 5.41) is 4.91. The second-order valence-corrected chi connectivity index (χ2v) is 8.34. The summed E-state index contributed by atoms with van der Waals surface area (Å²) in [6.45, 7) is 3.32. The molecule has 1 fully saturated rings. The fourth-order valence-corrected chi connectivity index (χ4v) is 4.70. The molecule has 2 aliphatic rings. The van der Waals surface area contributed by atoms with E-state index in [0.717, 1.165) is 56.5 Å². The molecule has 31 heavy (non-hydrogen) atoms. The Morgan fingerprint density at radius 1 is 0.968 bits per heavy atom. The fraction of sp³-hybridized carbons (Fsp3) is 0.375. The molecule has 2 aliphatic heterocycles. The van der Waals surface area contributed by atoms with E-state index in [1.807, 2.05) is 0 Å². The first-order valence-electron chi connectivity index (χ1n) is 10.8. The zero-order valence-electron chi connectivity index (χ0n) is 17.2. The Morgan fingerprint density at radius 2 is 1.65 bits per heavy atom. The molecular weight excluding hydrogens is 397 g/mol. The predicted molar refractivity (Wildman–Crippen MR) is 113 cm³/mol. The summed E-state index contributed by atoms with van der Waals surface area (Å²) in [6.07, 6.45) is 3.67. The van der Waals surface area contributed by atoms with Gasteiger partial charge in [-0.15, -0.1) is 0 Å². The van der Waals surface area contributed by atoms with Crippen LogP contribution in [0.5, 0.6) is 0 Å². The topological polar surface area (TPSA) is 66.7 Å². The third kappa shape index (κ3) is 3.74. The van der Waals surface area contributed by atoms with Gasteiger partial charge in [0.25, 0.3) is 11.8 Å². The van der Waals surface area contributed by atoms with Gasteiger partial charge in [0.05, 0.1) is 11.1 Å². The van der Waals surface area contributed by atoms with Gasteiger partial charge >= 0.3 is 0 Å². The minimum absolute atomic E-state index is 0.180. The van der Waals surface area contributed by atoms with E-state index in [-0.39, 0.29) is 17.6 Å². The zero-order valence-corrected chi connectivity index (χ0v) is 17.2. The Labute approximate surface area is 179 Å². The van der Waals surface area contributed by atoms with E-state index in [1.54, 1.807) is 30.3 Å². The Morgan fingerprint density at radius 3 is 2.35 bits per heavy atom. The molecule has 0 spiro atoms. The quantitative estimate of drug-likeness (QED) is 0.440. The molecule has 0 N–H and O–H groups in total. The molecule has 0 bridgehead atoms. The van der Waals surface area contributed by atoms with Gasteiger partial charge in [-0.25, -0.2) is 4.39 Å². The maximum atomic E-state index is 13.4. The highest BCUT2D eigenvalue weighted by Gasteiger charge is 2.34. The lowest BCUT2D eigenvalue weighted by atomic mass is 9.92. The molecule has 0 atom stereocenters. The average Bonchev–Trinajstić information content (AvgIpc) is 3.31. The number of fused-ring (bicyclic) bond motifs is 2. The summed E-state index contributed by atoms with van der Waals surface area (Å²) in [5.41, 5.74) is 1.60. The molecule has 7 heteroatoms. The van der Waals surface area contributed by atoms with Crippen LogP contribution in [0.4, 0.5) is 4.39 Å². The highest BCUT2D eigenvalue weighted by atomic mass is 19.1. The van der Waals surface area contributed by atoms with Crippen LogP contribution in [0.15, 0.2) is 47.0 Å². The van der Waals surface area contributed by atoms with Gasteiger partial charge in [-0.2, -0.15) is 0 Å². The zero-order chi connectivity index (χ0) is 21.4. The molecule has 2 aromatic carbocycles. The number of hydrogen-bond donors (Lipinski definition) is 0. The number of unbranched alkanes of at least 4 members (excludes halogenated alkanes) is 1. The van der Waals surface area contributed by atoms with Gasteiger partial charge in [-0.1, -0.05) is 17.3 Å². The molecule has 3 heterocycles. The smallest absolute Gasteiger partial charge is 0.261 e. The van der Waals surface area contributed by atoms with Crippen molar-refractivity contribution < 1.29 is 18.5 Å². The third-order valence-corrected chi connectivity index (χ3v) is 6.41. The van der Waals surface area contributed by atoms with E-state index in [2.05, 4.69) is 10.1 Å². The van der Waals surface area contributed by atoms with Crippen LogP contribution < -0.4 is 0 Å². The van der Waals surface area contributed by atoms with Crippen LogP contribution in [0, 0.1) is 5.82 Å². The van der Waals surface area contributed by atoms with Crippen LogP contribution in [0.2, 0.25) is 0 Å². The van der Waals surface area contributed by atoms with E-state index in [4.69, 9.17) is 4.52 Å². The van der Waals surface area contributed by atoms with Crippen LogP contribution >= 0.6 is 0 Å². The normalized spacial score (nSPS) is 17.6. The van der Waals surface area contributed by atoms with E-state index >= 15 is 0 Å². The minimum atomic E-state index is -0.302. The number of piperidine rings is 1. The Balaban J connectivity index is 1.09. The number of hydrogen-bond acceptors (Lipinski definition) is 5. The highest BCUT2D eigenvalue weighted by molar-refractivity contribution is 6.21. The second kappa shape index (κ2) is 8.23. The van der Waals surface area contributed by atoms with Crippen molar-refractivity contribution in [3.8, 4) is 0 Å². The summed E-state index contributed by atoms with van der Waals surface area (Å²) in [7, 11) is 0. The largest absolute Gasteiger partial charge is 0.360 e. The Kier molecular flexibility index (Phi) is 5.28. The van der Waals surface area contributed by atoms with Crippen molar-refractivity contribution in [2.75, 3.05) is 26.2 Å². The van der Waals surface area contributed by atoms with Crippen molar-refractivity contribution in [1.29, 1.82) is 0 Å². The first-order valence-corrected chi connectivity index (χ1v) is 10.8. The molecule has 0 saturated carbocycles. The van der Waals surface area contributed by atoms with Crippen LogP contribution in [0.25, 0.3) is 10.9 Å². The van der Waals surface area contributed by atoms with Gasteiger partial charge in [0.2, 0.25) is 0 Å². The molecule has 3 aromatic rings. The number of halogens is 1. The summed E-state index contributed by atoms with van der Waals surface area (Å²) in [6, 6.07) is 11.6. The first-order chi connectivity index (χ1) is 15.1. The molecule has 1 saturated heterocycles. The SMILES string of the molecule is O=C1c2ccccc2C(=O)N1CCCCN1CCC(c2onc3cc(F)ccc23)CC1. The van der Waals surface area contributed by atoms with Gasteiger partial charge < -0.3 is 9.42 Å². The summed E-state index contributed by atoms with van der Waals surface area (Å²) >= 11 is 0. The van der Waals surface area contributed by atoms with Gasteiger partial charge in [0.1, 0.15) is 17.1 Å². The maximum Gasteiger partial charge on any atom is 0.261 e. The molecule has 2 amide bonds. The number of imide groups is 1. The van der Waals surface area contributed by atoms with Crippen LogP contribution in [0.1, 0.15) is 58.1 Å². The molecule has 5 rings (SSSR count). The van der Waals surface area contributed by atoms with Crippen molar-refractivity contribution in [1.82, 2.24) is 15.0 Å². The number of carbonyl (C=O) groups excluding carboxylic acids is 2. The molecular formula is C24H24FN3O3. The molecule has 1 aromatic heterocycles. The number of aromatic nitrogens is 1. The molecule has 0 unspecified atom stereocenters. The average molecular weight is 421 g/mol. The lowest BCUT2D eigenvalue weighted by Crippen LogP contribution is -2.34. The Bertz CT molecular complexity index is 1100. The second-order valence-electron chi connectivity index (χ2n) is 8.34. The van der Waals surface area contributed by atoms with Gasteiger partial charge in [0.15, 0.2) is 0 Å². The maximum absolute atomic E-state index is 13.4. The minimum Gasteiger partial charge on any atom is -0.360 e. The third-order valence-electron chi connectivity index (χ3n) is 6.41. The van der Waals surface area contributed by atoms with Crippen molar-refractivity contribution in [2.45, 2.75) is 31.6 Å². The highest BCUT2D eigenvalue weighted by Crippen LogP contribution is 2.33. The molecule has 0 aliphatic carbocycles. The molecule has 6 nitrogen and oxygen atoms in total. The van der Waals surface area contributed by atoms with Gasteiger partial charge in [-0.05, 0) is 69.6 Å². The van der Waals surface area contributed by atoms with Crippen LogP contribution in [-0.2, 0) is 0 Å². The standard InChI is InChI=1S/C24H24FN3O3/c25-17-7-8-20-21(15-17)26-31-22(20)16-9-13-27(14-10-16)11-3-4-12-28-23(29)18-5-1-2-6-19(18)24(28)30/h1-2,5-8,15-16H,3-4,9-14H2.